The van der Waals surface area contributed by atoms with Crippen LogP contribution in [-0.2, 0) is 0 Å². The fourth-order valence-corrected chi connectivity index (χ4v) is 2.75. The summed E-state index contributed by atoms with van der Waals surface area (Å²) in [5.74, 6) is -0.839. The molecule has 0 aliphatic carbocycles. The molecule has 0 radical (unpaired) electrons. The molecule has 1 heterocycles. The minimum atomic E-state index is -0.586. The molecule has 0 unspecified atom stereocenters. The number of nitrogens with one attached hydrogen (secondary N) is 1. The molecule has 0 aliphatic rings. The minimum absolute atomic E-state index is 0.0317. The number of aryl methyl sites for hydroxylation is 1. The van der Waals surface area contributed by atoms with Crippen molar-refractivity contribution in [3.8, 4) is 5.75 Å². The van der Waals surface area contributed by atoms with E-state index in [1.807, 2.05) is 0 Å². The molecule has 0 bridgehead atoms. The van der Waals surface area contributed by atoms with Gasteiger partial charge >= 0.3 is 0 Å². The summed E-state index contributed by atoms with van der Waals surface area (Å²) < 4.78 is 18.4. The maximum absolute atomic E-state index is 13.6. The predicted molar refractivity (Wildman–Crippen MR) is 82.6 cm³/mol. The summed E-state index contributed by atoms with van der Waals surface area (Å²) in [6, 6.07) is 4.04. The first-order chi connectivity index (χ1) is 10.4. The quantitative estimate of drug-likeness (QED) is 0.828. The lowest BCUT2D eigenvalue weighted by atomic mass is 10.1. The molecule has 1 aromatic heterocycles. The van der Waals surface area contributed by atoms with Crippen molar-refractivity contribution in [3.63, 3.8) is 0 Å². The number of thiazole rings is 1. The Morgan fingerprint density at radius 2 is 2.14 bits per heavy atom. The van der Waals surface area contributed by atoms with E-state index in [-0.39, 0.29) is 29.4 Å². The van der Waals surface area contributed by atoms with Gasteiger partial charge in [-0.25, -0.2) is 9.37 Å². The number of hydrogen-bond acceptors (Lipinski definition) is 6. The Bertz CT molecular complexity index is 728. The van der Waals surface area contributed by atoms with Crippen LogP contribution in [0.2, 0.25) is 0 Å². The van der Waals surface area contributed by atoms with E-state index in [1.54, 1.807) is 6.92 Å². The number of anilines is 1. The average molecular weight is 322 g/mol. The van der Waals surface area contributed by atoms with Crippen molar-refractivity contribution in [3.05, 3.63) is 40.2 Å². The molecule has 0 amide bonds. The summed E-state index contributed by atoms with van der Waals surface area (Å²) in [6.07, 6.45) is 0. The van der Waals surface area contributed by atoms with E-state index < -0.39 is 5.82 Å². The number of ketones is 2. The predicted octanol–water partition coefficient (Wildman–Crippen LogP) is 3.10. The van der Waals surface area contributed by atoms with E-state index in [9.17, 15) is 14.0 Å². The number of halogens is 1. The Morgan fingerprint density at radius 3 is 2.68 bits per heavy atom. The average Bonchev–Trinajstić information content (AvgIpc) is 2.86. The Morgan fingerprint density at radius 1 is 1.41 bits per heavy atom. The Balaban J connectivity index is 2.05. The normalized spacial score (nSPS) is 10.4. The van der Waals surface area contributed by atoms with Crippen molar-refractivity contribution in [2.24, 2.45) is 0 Å². The number of carbonyl (C=O) groups excluding carboxylic acids is 2. The van der Waals surface area contributed by atoms with Crippen LogP contribution in [-0.4, -0.2) is 30.2 Å². The zero-order valence-corrected chi connectivity index (χ0v) is 13.2. The van der Waals surface area contributed by atoms with Crippen LogP contribution in [0.1, 0.15) is 32.6 Å². The summed E-state index contributed by atoms with van der Waals surface area (Å²) in [5.41, 5.74) is 0.869. The molecule has 1 N–H and O–H groups in total. The molecule has 0 saturated carbocycles. The van der Waals surface area contributed by atoms with Crippen molar-refractivity contribution in [2.45, 2.75) is 13.8 Å². The monoisotopic (exact) mass is 322 g/mol. The van der Waals surface area contributed by atoms with Crippen molar-refractivity contribution >= 4 is 28.0 Å². The SMILES string of the molecule is COc1ccc(C(=O)CNc2nc(C)c(C(C)=O)s2)cc1F. The van der Waals surface area contributed by atoms with Gasteiger partial charge in [-0.3, -0.25) is 9.59 Å². The minimum Gasteiger partial charge on any atom is -0.494 e. The van der Waals surface area contributed by atoms with Gasteiger partial charge in [-0.05, 0) is 25.1 Å². The molecule has 22 heavy (non-hydrogen) atoms. The molecule has 0 aliphatic heterocycles. The lowest BCUT2D eigenvalue weighted by Gasteiger charge is -2.05. The zero-order valence-electron chi connectivity index (χ0n) is 12.4. The Kier molecular flexibility index (Phi) is 4.87. The molecule has 116 valence electrons. The van der Waals surface area contributed by atoms with Gasteiger partial charge in [0.25, 0.3) is 0 Å². The summed E-state index contributed by atoms with van der Waals surface area (Å²) in [5, 5.41) is 3.35. The van der Waals surface area contributed by atoms with E-state index in [4.69, 9.17) is 4.74 Å². The lowest BCUT2D eigenvalue weighted by molar-refractivity contribution is 0.100. The van der Waals surface area contributed by atoms with E-state index in [2.05, 4.69) is 10.3 Å². The van der Waals surface area contributed by atoms with E-state index >= 15 is 0 Å². The van der Waals surface area contributed by atoms with Crippen LogP contribution in [0, 0.1) is 12.7 Å². The van der Waals surface area contributed by atoms with Crippen LogP contribution in [0.5, 0.6) is 5.75 Å². The van der Waals surface area contributed by atoms with Crippen LogP contribution in [0.3, 0.4) is 0 Å². The van der Waals surface area contributed by atoms with Gasteiger partial charge in [0.2, 0.25) is 0 Å². The molecular weight excluding hydrogens is 307 g/mol. The van der Waals surface area contributed by atoms with Crippen molar-refractivity contribution in [1.82, 2.24) is 4.98 Å². The largest absolute Gasteiger partial charge is 0.494 e. The Hall–Kier alpha value is -2.28. The van der Waals surface area contributed by atoms with Crippen LogP contribution < -0.4 is 10.1 Å². The number of ether oxygens (including phenoxy) is 1. The van der Waals surface area contributed by atoms with Crippen molar-refractivity contribution in [2.75, 3.05) is 19.0 Å². The maximum Gasteiger partial charge on any atom is 0.183 e. The standard InChI is InChI=1S/C15H15FN2O3S/c1-8-14(9(2)19)22-15(18-8)17-7-12(20)10-4-5-13(21-3)11(16)6-10/h4-6H,7H2,1-3H3,(H,17,18). The third-order valence-electron chi connectivity index (χ3n) is 2.99. The first-order valence-corrected chi connectivity index (χ1v) is 7.33. The molecular formula is C15H15FN2O3S. The lowest BCUT2D eigenvalue weighted by Crippen LogP contribution is -2.14. The highest BCUT2D eigenvalue weighted by Gasteiger charge is 2.14. The molecule has 5 nitrogen and oxygen atoms in total. The number of benzene rings is 1. The molecule has 7 heteroatoms. The van der Waals surface area contributed by atoms with Crippen LogP contribution in [0.15, 0.2) is 18.2 Å². The molecule has 1 aromatic carbocycles. The topological polar surface area (TPSA) is 68.3 Å². The van der Waals surface area contributed by atoms with Gasteiger partial charge in [-0.15, -0.1) is 0 Å². The molecule has 0 saturated heterocycles. The second-order valence-corrected chi connectivity index (χ2v) is 5.61. The van der Waals surface area contributed by atoms with Gasteiger partial charge in [0, 0.05) is 12.5 Å². The highest BCUT2D eigenvalue weighted by atomic mass is 32.1. The first kappa shape index (κ1) is 16.1. The van der Waals surface area contributed by atoms with E-state index in [0.29, 0.717) is 15.7 Å². The second kappa shape index (κ2) is 6.65. The molecule has 0 atom stereocenters. The second-order valence-electron chi connectivity index (χ2n) is 4.62. The van der Waals surface area contributed by atoms with Gasteiger partial charge in [0.05, 0.1) is 24.2 Å². The highest BCUT2D eigenvalue weighted by molar-refractivity contribution is 7.17. The number of rotatable bonds is 6. The number of carbonyl (C=O) groups is 2. The van der Waals surface area contributed by atoms with Gasteiger partial charge in [0.15, 0.2) is 28.3 Å². The summed E-state index contributed by atoms with van der Waals surface area (Å²) in [4.78, 5) is 28.1. The summed E-state index contributed by atoms with van der Waals surface area (Å²) in [6.45, 7) is 3.17. The number of nitrogens with zero attached hydrogens (tertiary/aromatic N) is 1. The smallest absolute Gasteiger partial charge is 0.183 e. The highest BCUT2D eigenvalue weighted by Crippen LogP contribution is 2.23. The first-order valence-electron chi connectivity index (χ1n) is 6.51. The van der Waals surface area contributed by atoms with Crippen molar-refractivity contribution in [1.29, 1.82) is 0 Å². The van der Waals surface area contributed by atoms with E-state index in [0.717, 1.165) is 6.07 Å². The molecule has 2 rings (SSSR count). The fraction of sp³-hybridized carbons (Fsp3) is 0.267. The fourth-order valence-electron chi connectivity index (χ4n) is 1.90. The van der Waals surface area contributed by atoms with Crippen LogP contribution in [0.4, 0.5) is 9.52 Å². The summed E-state index contributed by atoms with van der Waals surface area (Å²) >= 11 is 1.20. The van der Waals surface area contributed by atoms with Gasteiger partial charge in [-0.2, -0.15) is 0 Å². The van der Waals surface area contributed by atoms with Gasteiger partial charge in [0.1, 0.15) is 0 Å². The van der Waals surface area contributed by atoms with Crippen molar-refractivity contribution < 1.29 is 18.7 Å². The molecule has 0 spiro atoms. The summed E-state index contributed by atoms with van der Waals surface area (Å²) in [7, 11) is 1.36. The van der Waals surface area contributed by atoms with Gasteiger partial charge < -0.3 is 10.1 Å². The zero-order chi connectivity index (χ0) is 16.3. The third kappa shape index (κ3) is 3.48. The number of methoxy groups -OCH3 is 1. The van der Waals surface area contributed by atoms with Crippen LogP contribution in [0.25, 0.3) is 0 Å². The Labute approximate surface area is 131 Å². The number of hydrogen-bond donors (Lipinski definition) is 1. The maximum atomic E-state index is 13.6. The number of Topliss-reactive ketones (excluding diaryl/α,β-unsaturated/α-hetero) is 2. The third-order valence-corrected chi connectivity index (χ3v) is 4.21. The van der Waals surface area contributed by atoms with Crippen LogP contribution >= 0.6 is 11.3 Å². The van der Waals surface area contributed by atoms with Gasteiger partial charge in [-0.1, -0.05) is 11.3 Å². The number of aromatic nitrogens is 1. The van der Waals surface area contributed by atoms with E-state index in [1.165, 1.54) is 37.5 Å². The molecule has 0 fully saturated rings. The molecule has 2 aromatic rings.